The molecule has 1 aromatic rings. The first-order valence-corrected chi connectivity index (χ1v) is 4.90. The second-order valence-corrected chi connectivity index (χ2v) is 2.96. The number of aliphatic hydroxyl groups excluding tert-OH is 1. The van der Waals surface area contributed by atoms with Crippen LogP contribution in [0.5, 0.6) is 11.5 Å². The van der Waals surface area contributed by atoms with Crippen molar-refractivity contribution in [2.45, 2.75) is 6.92 Å². The van der Waals surface area contributed by atoms with E-state index >= 15 is 0 Å². The van der Waals surface area contributed by atoms with Gasteiger partial charge >= 0.3 is 7.32 Å². The second-order valence-electron chi connectivity index (χ2n) is 2.56. The van der Waals surface area contributed by atoms with Crippen LogP contribution in [0.2, 0.25) is 5.02 Å². The Morgan fingerprint density at radius 1 is 1.38 bits per heavy atom. The van der Waals surface area contributed by atoms with Gasteiger partial charge in [0.15, 0.2) is 0 Å². The van der Waals surface area contributed by atoms with Crippen molar-refractivity contribution in [1.82, 2.24) is 0 Å². The lowest BCUT2D eigenvalue weighted by Crippen LogP contribution is -2.20. The van der Waals surface area contributed by atoms with Crippen LogP contribution in [0.25, 0.3) is 0 Å². The van der Waals surface area contributed by atoms with Crippen LogP contribution in [0.3, 0.4) is 0 Å². The Morgan fingerprint density at radius 3 is 2.38 bits per heavy atom. The molecular formula is C9H14BClO5. The molecule has 0 bridgehead atoms. The molecule has 0 aliphatic heterocycles. The zero-order valence-corrected chi connectivity index (χ0v) is 9.81. The van der Waals surface area contributed by atoms with E-state index in [2.05, 4.69) is 4.65 Å². The van der Waals surface area contributed by atoms with Gasteiger partial charge in [-0.25, -0.2) is 0 Å². The molecule has 7 heteroatoms. The fraction of sp³-hybridized carbons (Fsp3) is 0.333. The summed E-state index contributed by atoms with van der Waals surface area (Å²) < 4.78 is 9.48. The first kappa shape index (κ1) is 15.1. The lowest BCUT2D eigenvalue weighted by Gasteiger charge is -2.08. The van der Waals surface area contributed by atoms with Crippen LogP contribution >= 0.6 is 11.6 Å². The van der Waals surface area contributed by atoms with Crippen molar-refractivity contribution in [1.29, 1.82) is 0 Å². The van der Waals surface area contributed by atoms with Gasteiger partial charge in [-0.15, -0.1) is 0 Å². The Bertz CT molecular complexity index is 308. The Kier molecular flexibility index (Phi) is 7.75. The van der Waals surface area contributed by atoms with Crippen molar-refractivity contribution in [3.8, 4) is 11.5 Å². The molecule has 0 aliphatic rings. The van der Waals surface area contributed by atoms with Crippen LogP contribution in [0.4, 0.5) is 0 Å². The predicted molar refractivity (Wildman–Crippen MR) is 61.6 cm³/mol. The Hall–Kier alpha value is -0.945. The molecule has 5 nitrogen and oxygen atoms in total. The predicted octanol–water partition coefficient (Wildman–Crippen LogP) is 0.696. The molecule has 0 fully saturated rings. The molecule has 0 amide bonds. The highest BCUT2D eigenvalue weighted by Crippen LogP contribution is 2.28. The number of halogens is 1. The van der Waals surface area contributed by atoms with Gasteiger partial charge in [-0.2, -0.15) is 0 Å². The van der Waals surface area contributed by atoms with Gasteiger partial charge in [0.1, 0.15) is 11.5 Å². The number of ether oxygens (including phenoxy) is 1. The molecule has 1 rings (SSSR count). The molecule has 0 spiro atoms. The van der Waals surface area contributed by atoms with Gasteiger partial charge in [0, 0.05) is 12.7 Å². The Morgan fingerprint density at radius 2 is 1.94 bits per heavy atom. The normalized spacial score (nSPS) is 8.88. The summed E-state index contributed by atoms with van der Waals surface area (Å²) >= 11 is 5.69. The highest BCUT2D eigenvalue weighted by Gasteiger charge is 2.14. The largest absolute Gasteiger partial charge is 0.707 e. The fourth-order valence-corrected chi connectivity index (χ4v) is 0.977. The Labute approximate surface area is 99.4 Å². The first-order chi connectivity index (χ1) is 7.54. The quantitative estimate of drug-likeness (QED) is 0.686. The third kappa shape index (κ3) is 5.82. The summed E-state index contributed by atoms with van der Waals surface area (Å²) in [5.74, 6) is 0.691. The average molecular weight is 248 g/mol. The lowest BCUT2D eigenvalue weighted by atomic mass is 10.2. The van der Waals surface area contributed by atoms with Gasteiger partial charge < -0.3 is 24.5 Å². The van der Waals surface area contributed by atoms with Gasteiger partial charge in [-0.3, -0.25) is 0 Å². The molecule has 90 valence electrons. The molecule has 0 heterocycles. The van der Waals surface area contributed by atoms with Crippen LogP contribution < -0.4 is 9.39 Å². The number of rotatable bonds is 3. The maximum atomic E-state index is 8.53. The second kappa shape index (κ2) is 8.24. The molecule has 0 unspecified atom stereocenters. The molecule has 0 atom stereocenters. The summed E-state index contributed by atoms with van der Waals surface area (Å²) in [4.78, 5) is 0. The minimum absolute atomic E-state index is 0.163. The van der Waals surface area contributed by atoms with Crippen molar-refractivity contribution >= 4 is 18.9 Å². The maximum absolute atomic E-state index is 8.53. The van der Waals surface area contributed by atoms with E-state index in [0.29, 0.717) is 5.75 Å². The topological polar surface area (TPSA) is 79.2 Å². The summed E-state index contributed by atoms with van der Waals surface area (Å²) in [5.41, 5.74) is 0. The van der Waals surface area contributed by atoms with Crippen molar-refractivity contribution in [2.75, 3.05) is 13.7 Å². The monoisotopic (exact) mass is 248 g/mol. The number of methoxy groups -OCH3 is 1. The van der Waals surface area contributed by atoms with E-state index in [4.69, 9.17) is 31.5 Å². The van der Waals surface area contributed by atoms with E-state index in [1.165, 1.54) is 19.2 Å². The lowest BCUT2D eigenvalue weighted by molar-refractivity contribution is 0.287. The average Bonchev–Trinajstić information content (AvgIpc) is 2.22. The van der Waals surface area contributed by atoms with Crippen molar-refractivity contribution in [3.05, 3.63) is 23.2 Å². The highest BCUT2D eigenvalue weighted by molar-refractivity contribution is 6.36. The maximum Gasteiger partial charge on any atom is 0.707 e. The number of hydrogen-bond donors (Lipinski definition) is 3. The molecule has 1 aromatic carbocycles. The molecular weight excluding hydrogens is 234 g/mol. The minimum Gasteiger partial charge on any atom is -0.511 e. The zero-order chi connectivity index (χ0) is 12.6. The van der Waals surface area contributed by atoms with Crippen LogP contribution in [0.15, 0.2) is 18.2 Å². The zero-order valence-electron chi connectivity index (χ0n) is 9.05. The van der Waals surface area contributed by atoms with Crippen LogP contribution in [0, 0.1) is 0 Å². The first-order valence-electron chi connectivity index (χ1n) is 4.52. The van der Waals surface area contributed by atoms with Gasteiger partial charge in [0.2, 0.25) is 0 Å². The van der Waals surface area contributed by atoms with Crippen LogP contribution in [-0.4, -0.2) is 36.2 Å². The van der Waals surface area contributed by atoms with Gasteiger partial charge in [0.05, 0.1) is 12.1 Å². The van der Waals surface area contributed by atoms with Crippen LogP contribution in [-0.2, 0) is 0 Å². The molecule has 0 saturated carbocycles. The molecule has 16 heavy (non-hydrogen) atoms. The standard InChI is InChI=1S/C7H8BClO4.C2H6O/c1-12-5-2-3-6(9)7(4-5)13-8(10)11;1-2-3/h2-4,10-11H,1H3;3H,2H2,1H3. The number of aliphatic hydroxyl groups is 1. The van der Waals surface area contributed by atoms with E-state index in [9.17, 15) is 0 Å². The van der Waals surface area contributed by atoms with Crippen LogP contribution in [0.1, 0.15) is 6.92 Å². The summed E-state index contributed by atoms with van der Waals surface area (Å²) in [7, 11) is -0.396. The smallest absolute Gasteiger partial charge is 0.511 e. The highest BCUT2D eigenvalue weighted by atomic mass is 35.5. The van der Waals surface area contributed by atoms with E-state index in [1.54, 1.807) is 13.0 Å². The summed E-state index contributed by atoms with van der Waals surface area (Å²) in [6.07, 6.45) is 0. The van der Waals surface area contributed by atoms with Crippen molar-refractivity contribution in [2.24, 2.45) is 0 Å². The van der Waals surface area contributed by atoms with Crippen molar-refractivity contribution in [3.63, 3.8) is 0 Å². The SMILES string of the molecule is CCO.COc1ccc(Cl)c(OB(O)O)c1. The summed E-state index contributed by atoms with van der Waals surface area (Å²) in [6.45, 7) is 1.93. The van der Waals surface area contributed by atoms with E-state index in [-0.39, 0.29) is 17.4 Å². The molecule has 0 aromatic heterocycles. The van der Waals surface area contributed by atoms with E-state index < -0.39 is 7.32 Å². The fourth-order valence-electron chi connectivity index (χ4n) is 0.815. The minimum atomic E-state index is -1.88. The molecule has 0 aliphatic carbocycles. The molecule has 0 saturated heterocycles. The molecule has 0 radical (unpaired) electrons. The van der Waals surface area contributed by atoms with Gasteiger partial charge in [0.25, 0.3) is 0 Å². The summed E-state index contributed by atoms with van der Waals surface area (Å²) in [5, 5.41) is 24.9. The number of hydrogen-bond acceptors (Lipinski definition) is 5. The third-order valence-electron chi connectivity index (χ3n) is 1.37. The van der Waals surface area contributed by atoms with E-state index in [1.807, 2.05) is 0 Å². The van der Waals surface area contributed by atoms with Gasteiger partial charge in [-0.05, 0) is 19.1 Å². The number of benzene rings is 1. The van der Waals surface area contributed by atoms with Crippen molar-refractivity contribution < 1.29 is 24.5 Å². The summed E-state index contributed by atoms with van der Waals surface area (Å²) in [6, 6.07) is 4.64. The third-order valence-corrected chi connectivity index (χ3v) is 1.68. The van der Waals surface area contributed by atoms with E-state index in [0.717, 1.165) is 0 Å². The van der Waals surface area contributed by atoms with Gasteiger partial charge in [-0.1, -0.05) is 11.6 Å². The Balaban J connectivity index is 0.000000673. The molecule has 3 N–H and O–H groups in total.